The van der Waals surface area contributed by atoms with Gasteiger partial charge in [0.2, 0.25) is 0 Å². The quantitative estimate of drug-likeness (QED) is 0.445. The number of H-pyrrole nitrogens is 1. The molecule has 1 N–H and O–H groups in total. The summed E-state index contributed by atoms with van der Waals surface area (Å²) in [4.78, 5) is 24.7. The number of hydrogen-bond acceptors (Lipinski definition) is 6. The van der Waals surface area contributed by atoms with Crippen molar-refractivity contribution in [1.82, 2.24) is 24.9 Å². The minimum Gasteiger partial charge on any atom is -0.491 e. The molecule has 0 saturated heterocycles. The van der Waals surface area contributed by atoms with Gasteiger partial charge in [-0.3, -0.25) is 0 Å². The lowest BCUT2D eigenvalue weighted by Crippen LogP contribution is -2.32. The van der Waals surface area contributed by atoms with Gasteiger partial charge in [-0.2, -0.15) is 0 Å². The van der Waals surface area contributed by atoms with E-state index in [0.717, 1.165) is 77.9 Å². The number of rotatable bonds is 3. The van der Waals surface area contributed by atoms with Crippen LogP contribution in [0.5, 0.6) is 5.75 Å². The molecule has 7 nitrogen and oxygen atoms in total. The summed E-state index contributed by atoms with van der Waals surface area (Å²) in [5, 5.41) is 0. The van der Waals surface area contributed by atoms with Gasteiger partial charge in [-0.1, -0.05) is 26.8 Å². The van der Waals surface area contributed by atoms with Crippen molar-refractivity contribution in [2.24, 2.45) is 5.41 Å². The van der Waals surface area contributed by atoms with E-state index in [1.54, 1.807) is 0 Å². The molecule has 0 spiro atoms. The highest BCUT2D eigenvalue weighted by molar-refractivity contribution is 5.78. The molecule has 0 unspecified atom stereocenters. The molecular weight excluding hydrogens is 436 g/mol. The van der Waals surface area contributed by atoms with Crippen LogP contribution >= 0.6 is 0 Å². The molecule has 180 valence electrons. The maximum atomic E-state index is 6.19. The van der Waals surface area contributed by atoms with E-state index in [0.29, 0.717) is 6.61 Å². The van der Waals surface area contributed by atoms with Gasteiger partial charge >= 0.3 is 0 Å². The number of fused-ring (bicyclic) bond motifs is 3. The summed E-state index contributed by atoms with van der Waals surface area (Å²) in [6.45, 7) is 11.0. The third-order valence-corrected chi connectivity index (χ3v) is 7.26. The Bertz CT molecular complexity index is 1420. The van der Waals surface area contributed by atoms with Crippen LogP contribution in [-0.4, -0.2) is 38.1 Å². The Morgan fingerprint density at radius 3 is 2.86 bits per heavy atom. The molecule has 1 aliphatic heterocycles. The number of ether oxygens (including phenoxy) is 1. The van der Waals surface area contributed by atoms with Crippen molar-refractivity contribution < 1.29 is 4.74 Å². The van der Waals surface area contributed by atoms with E-state index in [4.69, 9.17) is 14.7 Å². The van der Waals surface area contributed by atoms with Crippen LogP contribution in [0.25, 0.3) is 22.3 Å². The van der Waals surface area contributed by atoms with Crippen molar-refractivity contribution in [3.05, 3.63) is 58.9 Å². The fraction of sp³-hybridized carbons (Fsp3) is 0.429. The van der Waals surface area contributed by atoms with Crippen molar-refractivity contribution in [1.29, 1.82) is 0 Å². The fourth-order valence-electron chi connectivity index (χ4n) is 5.33. The zero-order chi connectivity index (χ0) is 24.2. The summed E-state index contributed by atoms with van der Waals surface area (Å²) in [5.74, 6) is 3.85. The van der Waals surface area contributed by atoms with Crippen molar-refractivity contribution in [3.8, 4) is 16.9 Å². The van der Waals surface area contributed by atoms with Crippen LogP contribution in [0.15, 0.2) is 30.5 Å². The highest BCUT2D eigenvalue weighted by Crippen LogP contribution is 2.39. The predicted molar refractivity (Wildman–Crippen MR) is 138 cm³/mol. The summed E-state index contributed by atoms with van der Waals surface area (Å²) in [6.07, 6.45) is 5.95. The first-order chi connectivity index (χ1) is 16.9. The molecule has 7 heteroatoms. The molecule has 0 bridgehead atoms. The fourth-order valence-corrected chi connectivity index (χ4v) is 5.33. The Labute approximate surface area is 206 Å². The van der Waals surface area contributed by atoms with Crippen molar-refractivity contribution >= 4 is 17.0 Å². The van der Waals surface area contributed by atoms with Crippen molar-refractivity contribution in [2.45, 2.75) is 59.9 Å². The number of aromatic nitrogens is 5. The van der Waals surface area contributed by atoms with Gasteiger partial charge in [-0.15, -0.1) is 0 Å². The van der Waals surface area contributed by atoms with Crippen LogP contribution in [0.4, 0.5) is 5.82 Å². The third-order valence-electron chi connectivity index (χ3n) is 7.26. The smallest absolute Gasteiger partial charge is 0.177 e. The predicted octanol–water partition coefficient (Wildman–Crippen LogP) is 5.20. The average Bonchev–Trinajstić information content (AvgIpc) is 3.08. The number of benzene rings is 1. The number of aryl methyl sites for hydroxylation is 3. The Morgan fingerprint density at radius 1 is 1.11 bits per heavy atom. The van der Waals surface area contributed by atoms with Crippen molar-refractivity contribution in [2.75, 3.05) is 18.1 Å². The molecule has 0 saturated carbocycles. The van der Waals surface area contributed by atoms with E-state index in [1.165, 1.54) is 23.2 Å². The third kappa shape index (κ3) is 4.13. The van der Waals surface area contributed by atoms with Crippen LogP contribution in [0.2, 0.25) is 0 Å². The van der Waals surface area contributed by atoms with Crippen LogP contribution in [-0.2, 0) is 25.8 Å². The Hall–Kier alpha value is -3.48. The second-order valence-corrected chi connectivity index (χ2v) is 10.6. The Morgan fingerprint density at radius 2 is 2.00 bits per heavy atom. The van der Waals surface area contributed by atoms with E-state index in [2.05, 4.69) is 64.9 Å². The molecular formula is C28H32N6O. The van der Waals surface area contributed by atoms with Gasteiger partial charge in [0.15, 0.2) is 5.65 Å². The molecule has 0 radical (unpaired) electrons. The first kappa shape index (κ1) is 22.0. The largest absolute Gasteiger partial charge is 0.491 e. The number of aromatic amines is 1. The molecule has 0 fully saturated rings. The van der Waals surface area contributed by atoms with Gasteiger partial charge in [0.25, 0.3) is 0 Å². The number of pyridine rings is 1. The topological polar surface area (TPSA) is 79.8 Å². The maximum Gasteiger partial charge on any atom is 0.177 e. The van der Waals surface area contributed by atoms with E-state index in [9.17, 15) is 0 Å². The van der Waals surface area contributed by atoms with Gasteiger partial charge in [0, 0.05) is 41.5 Å². The van der Waals surface area contributed by atoms with Gasteiger partial charge in [0.05, 0.1) is 12.1 Å². The lowest BCUT2D eigenvalue weighted by molar-refractivity contribution is 0.310. The van der Waals surface area contributed by atoms with Gasteiger partial charge in [0.1, 0.15) is 29.8 Å². The van der Waals surface area contributed by atoms with Gasteiger partial charge in [-0.05, 0) is 55.4 Å². The molecule has 1 aliphatic carbocycles. The monoisotopic (exact) mass is 468 g/mol. The Balaban J connectivity index is 1.38. The van der Waals surface area contributed by atoms with Crippen LogP contribution in [0.3, 0.4) is 0 Å². The second kappa shape index (κ2) is 8.33. The summed E-state index contributed by atoms with van der Waals surface area (Å²) >= 11 is 0. The second-order valence-electron chi connectivity index (χ2n) is 10.6. The number of anilines is 1. The molecule has 2 aliphatic rings. The Kier molecular flexibility index (Phi) is 5.24. The first-order valence-electron chi connectivity index (χ1n) is 12.6. The maximum absolute atomic E-state index is 6.19. The molecule has 0 atom stereocenters. The number of hydrogen-bond donors (Lipinski definition) is 1. The van der Waals surface area contributed by atoms with E-state index in [1.807, 2.05) is 13.1 Å². The number of imidazole rings is 1. The summed E-state index contributed by atoms with van der Waals surface area (Å²) in [7, 11) is 0. The zero-order valence-electron chi connectivity index (χ0n) is 21.0. The highest BCUT2D eigenvalue weighted by atomic mass is 16.5. The van der Waals surface area contributed by atoms with E-state index >= 15 is 0 Å². The first-order valence-corrected chi connectivity index (χ1v) is 12.6. The van der Waals surface area contributed by atoms with Crippen LogP contribution < -0.4 is 9.64 Å². The molecule has 35 heavy (non-hydrogen) atoms. The van der Waals surface area contributed by atoms with E-state index in [-0.39, 0.29) is 5.41 Å². The van der Waals surface area contributed by atoms with Crippen molar-refractivity contribution in [3.63, 3.8) is 0 Å². The standard InChI is InChI=1S/C28H32N6O/c1-5-25-32-22-8-9-28(3,4)14-21(22)27(33-25)34-10-11-35-24-7-6-18(12-20(24)16-34)19-13-23-26(29-15-19)31-17(2)30-23/h6-7,12-13,15H,5,8-11,14,16H2,1-4H3,(H,29,30,31). The number of nitrogens with one attached hydrogen (secondary N) is 1. The molecule has 4 heterocycles. The SMILES string of the molecule is CCc1nc2c(c(N3CCOc4ccc(-c5cnc6nc(C)[nH]c6c5)cc4C3)n1)CC(C)(C)CC2. The van der Waals surface area contributed by atoms with Crippen LogP contribution in [0.1, 0.15) is 55.7 Å². The summed E-state index contributed by atoms with van der Waals surface area (Å²) in [5.41, 5.74) is 7.88. The summed E-state index contributed by atoms with van der Waals surface area (Å²) < 4.78 is 6.19. The minimum atomic E-state index is 0.267. The van der Waals surface area contributed by atoms with Gasteiger partial charge < -0.3 is 14.6 Å². The average molecular weight is 469 g/mol. The zero-order valence-corrected chi connectivity index (χ0v) is 21.0. The molecule has 0 amide bonds. The molecule has 4 aromatic rings. The normalized spacial score (nSPS) is 17.0. The van der Waals surface area contributed by atoms with Gasteiger partial charge in [-0.25, -0.2) is 19.9 Å². The number of nitrogens with zero attached hydrogens (tertiary/aromatic N) is 5. The molecule has 3 aromatic heterocycles. The molecule has 1 aromatic carbocycles. The van der Waals surface area contributed by atoms with E-state index < -0.39 is 0 Å². The minimum absolute atomic E-state index is 0.267. The highest BCUT2D eigenvalue weighted by Gasteiger charge is 2.31. The lowest BCUT2D eigenvalue weighted by atomic mass is 9.76. The molecule has 6 rings (SSSR count). The summed E-state index contributed by atoms with van der Waals surface area (Å²) in [6, 6.07) is 8.56. The van der Waals surface area contributed by atoms with Crippen LogP contribution in [0, 0.1) is 12.3 Å². The lowest BCUT2D eigenvalue weighted by Gasteiger charge is -2.34.